The van der Waals surface area contributed by atoms with E-state index >= 15 is 0 Å². The largest absolute Gasteiger partial charge is 0.478 e. The SMILES string of the molecule is CCCOc1cc(C)nc(NCc2ncc(CC)o2)n1. The molecular weight excluding hydrogens is 256 g/mol. The van der Waals surface area contributed by atoms with E-state index in [1.54, 1.807) is 6.20 Å². The van der Waals surface area contributed by atoms with Gasteiger partial charge in [-0.1, -0.05) is 13.8 Å². The van der Waals surface area contributed by atoms with E-state index in [4.69, 9.17) is 9.15 Å². The van der Waals surface area contributed by atoms with Crippen LogP contribution in [0.2, 0.25) is 0 Å². The van der Waals surface area contributed by atoms with Crippen LogP contribution in [-0.2, 0) is 13.0 Å². The maximum atomic E-state index is 5.52. The van der Waals surface area contributed by atoms with Crippen molar-refractivity contribution in [3.8, 4) is 5.88 Å². The first-order valence-electron chi connectivity index (χ1n) is 6.87. The lowest BCUT2D eigenvalue weighted by molar-refractivity contribution is 0.305. The molecule has 2 aromatic rings. The molecule has 0 aliphatic heterocycles. The highest BCUT2D eigenvalue weighted by Gasteiger charge is 2.06. The number of nitrogens with one attached hydrogen (secondary N) is 1. The molecule has 6 heteroatoms. The molecule has 6 nitrogen and oxygen atoms in total. The third kappa shape index (κ3) is 3.94. The highest BCUT2D eigenvalue weighted by atomic mass is 16.5. The Morgan fingerprint density at radius 1 is 1.30 bits per heavy atom. The second-order valence-electron chi connectivity index (χ2n) is 4.45. The molecule has 0 aliphatic rings. The molecule has 0 amide bonds. The topological polar surface area (TPSA) is 73.1 Å². The number of oxazole rings is 1. The van der Waals surface area contributed by atoms with Crippen LogP contribution in [0.1, 0.15) is 37.6 Å². The lowest BCUT2D eigenvalue weighted by Gasteiger charge is -2.07. The van der Waals surface area contributed by atoms with Crippen molar-refractivity contribution < 1.29 is 9.15 Å². The van der Waals surface area contributed by atoms with E-state index in [0.29, 0.717) is 30.9 Å². The number of ether oxygens (including phenoxy) is 1. The van der Waals surface area contributed by atoms with Crippen molar-refractivity contribution in [2.45, 2.75) is 40.2 Å². The Hall–Kier alpha value is -2.11. The summed E-state index contributed by atoms with van der Waals surface area (Å²) < 4.78 is 11.0. The van der Waals surface area contributed by atoms with Crippen molar-refractivity contribution in [1.82, 2.24) is 15.0 Å². The van der Waals surface area contributed by atoms with Crippen molar-refractivity contribution in [3.05, 3.63) is 29.6 Å². The number of rotatable bonds is 7. The second kappa shape index (κ2) is 6.88. The Morgan fingerprint density at radius 3 is 2.85 bits per heavy atom. The van der Waals surface area contributed by atoms with Crippen LogP contribution < -0.4 is 10.1 Å². The van der Waals surface area contributed by atoms with E-state index in [2.05, 4.69) is 27.2 Å². The molecule has 0 fully saturated rings. The van der Waals surface area contributed by atoms with Crippen LogP contribution in [0.5, 0.6) is 5.88 Å². The Bertz CT molecular complexity index is 554. The quantitative estimate of drug-likeness (QED) is 0.838. The molecule has 0 bridgehead atoms. The Balaban J connectivity index is 1.99. The molecule has 2 heterocycles. The average molecular weight is 276 g/mol. The van der Waals surface area contributed by atoms with Crippen LogP contribution in [0.4, 0.5) is 5.95 Å². The summed E-state index contributed by atoms with van der Waals surface area (Å²) in [7, 11) is 0. The van der Waals surface area contributed by atoms with E-state index in [1.165, 1.54) is 0 Å². The molecule has 20 heavy (non-hydrogen) atoms. The number of hydrogen-bond acceptors (Lipinski definition) is 6. The molecule has 1 N–H and O–H groups in total. The number of aromatic nitrogens is 3. The number of anilines is 1. The summed E-state index contributed by atoms with van der Waals surface area (Å²) in [5.41, 5.74) is 0.857. The van der Waals surface area contributed by atoms with Gasteiger partial charge in [0, 0.05) is 18.2 Å². The highest BCUT2D eigenvalue weighted by molar-refractivity contribution is 5.30. The van der Waals surface area contributed by atoms with Crippen LogP contribution >= 0.6 is 0 Å². The van der Waals surface area contributed by atoms with Crippen molar-refractivity contribution in [2.75, 3.05) is 11.9 Å². The van der Waals surface area contributed by atoms with Crippen LogP contribution in [0, 0.1) is 6.92 Å². The maximum absolute atomic E-state index is 5.52. The van der Waals surface area contributed by atoms with Gasteiger partial charge in [0.15, 0.2) is 0 Å². The summed E-state index contributed by atoms with van der Waals surface area (Å²) in [5, 5.41) is 3.10. The van der Waals surface area contributed by atoms with Crippen molar-refractivity contribution in [1.29, 1.82) is 0 Å². The van der Waals surface area contributed by atoms with E-state index in [1.807, 2.05) is 19.9 Å². The van der Waals surface area contributed by atoms with Gasteiger partial charge in [-0.25, -0.2) is 9.97 Å². The number of nitrogens with zero attached hydrogens (tertiary/aromatic N) is 3. The Labute approximate surface area is 118 Å². The minimum atomic E-state index is 0.455. The Kier molecular flexibility index (Phi) is 4.92. The monoisotopic (exact) mass is 276 g/mol. The minimum absolute atomic E-state index is 0.455. The van der Waals surface area contributed by atoms with Gasteiger partial charge < -0.3 is 14.5 Å². The predicted molar refractivity (Wildman–Crippen MR) is 75.8 cm³/mol. The molecule has 0 saturated heterocycles. The molecule has 108 valence electrons. The summed E-state index contributed by atoms with van der Waals surface area (Å²) >= 11 is 0. The van der Waals surface area contributed by atoms with E-state index in [9.17, 15) is 0 Å². The van der Waals surface area contributed by atoms with Gasteiger partial charge in [0.1, 0.15) is 5.76 Å². The predicted octanol–water partition coefficient (Wildman–Crippen LogP) is 2.74. The van der Waals surface area contributed by atoms with Crippen LogP contribution in [0.25, 0.3) is 0 Å². The fourth-order valence-electron chi connectivity index (χ4n) is 1.65. The molecular formula is C14H20N4O2. The summed E-state index contributed by atoms with van der Waals surface area (Å²) in [5.74, 6) is 2.61. The lowest BCUT2D eigenvalue weighted by Crippen LogP contribution is -2.06. The molecule has 0 unspecified atom stereocenters. The third-order valence-corrected chi connectivity index (χ3v) is 2.63. The van der Waals surface area contributed by atoms with E-state index < -0.39 is 0 Å². The zero-order valence-corrected chi connectivity index (χ0v) is 12.1. The van der Waals surface area contributed by atoms with Crippen LogP contribution in [0.15, 0.2) is 16.7 Å². The number of hydrogen-bond donors (Lipinski definition) is 1. The highest BCUT2D eigenvalue weighted by Crippen LogP contribution is 2.13. The maximum Gasteiger partial charge on any atom is 0.226 e. The normalized spacial score (nSPS) is 10.6. The van der Waals surface area contributed by atoms with Gasteiger partial charge in [0.2, 0.25) is 17.7 Å². The van der Waals surface area contributed by atoms with Crippen molar-refractivity contribution in [3.63, 3.8) is 0 Å². The van der Waals surface area contributed by atoms with E-state index in [0.717, 1.165) is 24.3 Å². The second-order valence-corrected chi connectivity index (χ2v) is 4.45. The first kappa shape index (κ1) is 14.3. The van der Waals surface area contributed by atoms with Gasteiger partial charge in [-0.15, -0.1) is 0 Å². The van der Waals surface area contributed by atoms with Gasteiger partial charge in [-0.3, -0.25) is 0 Å². The minimum Gasteiger partial charge on any atom is -0.478 e. The molecule has 0 aliphatic carbocycles. The summed E-state index contributed by atoms with van der Waals surface area (Å²) in [6, 6.07) is 1.82. The molecule has 0 saturated carbocycles. The molecule has 0 spiro atoms. The summed E-state index contributed by atoms with van der Waals surface area (Å²) in [6.45, 7) is 7.10. The van der Waals surface area contributed by atoms with Crippen LogP contribution in [-0.4, -0.2) is 21.6 Å². The zero-order valence-electron chi connectivity index (χ0n) is 12.1. The van der Waals surface area contributed by atoms with Gasteiger partial charge in [-0.05, 0) is 13.3 Å². The summed E-state index contributed by atoms with van der Waals surface area (Å²) in [4.78, 5) is 12.8. The molecule has 2 rings (SSSR count). The van der Waals surface area contributed by atoms with Crippen LogP contribution in [0.3, 0.4) is 0 Å². The van der Waals surface area contributed by atoms with Gasteiger partial charge >= 0.3 is 0 Å². The lowest BCUT2D eigenvalue weighted by atomic mass is 10.4. The molecule has 2 aromatic heterocycles. The Morgan fingerprint density at radius 2 is 2.15 bits per heavy atom. The standard InChI is InChI=1S/C14H20N4O2/c1-4-6-19-12-7-10(3)17-14(18-12)16-9-13-15-8-11(5-2)20-13/h7-8H,4-6,9H2,1-3H3,(H,16,17,18). The zero-order chi connectivity index (χ0) is 14.4. The van der Waals surface area contributed by atoms with E-state index in [-0.39, 0.29) is 0 Å². The number of aryl methyl sites for hydroxylation is 2. The molecule has 0 atom stereocenters. The average Bonchev–Trinajstić information content (AvgIpc) is 2.90. The summed E-state index contributed by atoms with van der Waals surface area (Å²) in [6.07, 6.45) is 3.52. The van der Waals surface area contributed by atoms with Crippen molar-refractivity contribution >= 4 is 5.95 Å². The van der Waals surface area contributed by atoms with Gasteiger partial charge in [0.05, 0.1) is 19.3 Å². The first-order chi connectivity index (χ1) is 9.71. The first-order valence-corrected chi connectivity index (χ1v) is 6.87. The van der Waals surface area contributed by atoms with Gasteiger partial charge in [0.25, 0.3) is 0 Å². The van der Waals surface area contributed by atoms with Crippen molar-refractivity contribution in [2.24, 2.45) is 0 Å². The molecule has 0 aromatic carbocycles. The fraction of sp³-hybridized carbons (Fsp3) is 0.500. The smallest absolute Gasteiger partial charge is 0.226 e. The molecule has 0 radical (unpaired) electrons. The fourth-order valence-corrected chi connectivity index (χ4v) is 1.65. The van der Waals surface area contributed by atoms with Gasteiger partial charge in [-0.2, -0.15) is 4.98 Å². The third-order valence-electron chi connectivity index (χ3n) is 2.63.